The highest BCUT2D eigenvalue weighted by Gasteiger charge is 2.59. The smallest absolute Gasteiger partial charge is 0.254 e. The topological polar surface area (TPSA) is 59.0 Å². The standard InChI is InChI=1S/C17H15BrN2O3/c1-23-13-5-2-9(6-12(13)18)8-19-20-16(21)14-10-3-4-11(7-10)15(14)17(20)22/h2-6,8,10-11,14-15H,7H2,1H3/b19-8-/t10-,11-,14+,15+/m0/s1. The molecule has 0 radical (unpaired) electrons. The highest BCUT2D eigenvalue weighted by atomic mass is 79.9. The summed E-state index contributed by atoms with van der Waals surface area (Å²) in [5.41, 5.74) is 0.788. The van der Waals surface area contributed by atoms with Crippen LogP contribution in [0.5, 0.6) is 5.75 Å². The van der Waals surface area contributed by atoms with Crippen LogP contribution in [0.15, 0.2) is 39.9 Å². The molecule has 0 N–H and O–H groups in total. The molecule has 1 saturated heterocycles. The summed E-state index contributed by atoms with van der Waals surface area (Å²) < 4.78 is 5.97. The van der Waals surface area contributed by atoms with E-state index in [2.05, 4.69) is 33.2 Å². The number of hydrogen-bond acceptors (Lipinski definition) is 4. The molecule has 23 heavy (non-hydrogen) atoms. The molecule has 6 heteroatoms. The molecule has 2 amide bonds. The van der Waals surface area contributed by atoms with E-state index < -0.39 is 0 Å². The Labute approximate surface area is 142 Å². The first-order chi connectivity index (χ1) is 11.1. The number of rotatable bonds is 3. The van der Waals surface area contributed by atoms with Gasteiger partial charge in [0.05, 0.1) is 29.6 Å². The zero-order valence-corrected chi connectivity index (χ0v) is 14.1. The van der Waals surface area contributed by atoms with Gasteiger partial charge in [0.25, 0.3) is 11.8 Å². The number of nitrogens with zero attached hydrogens (tertiary/aromatic N) is 2. The van der Waals surface area contributed by atoms with E-state index in [1.165, 1.54) is 6.21 Å². The lowest BCUT2D eigenvalue weighted by molar-refractivity contribution is -0.140. The number of hydrazone groups is 1. The molecule has 1 heterocycles. The van der Waals surface area contributed by atoms with Crippen molar-refractivity contribution in [2.45, 2.75) is 6.42 Å². The SMILES string of the molecule is COc1ccc(/C=N\N2C(=O)[C@H]3[C@H](C2=O)[C@H]2C=C[C@H]3C2)cc1Br. The molecule has 1 aromatic rings. The number of hydrogen-bond donors (Lipinski definition) is 0. The third kappa shape index (κ3) is 2.16. The van der Waals surface area contributed by atoms with Crippen LogP contribution in [0.4, 0.5) is 0 Å². The minimum atomic E-state index is -0.211. The van der Waals surface area contributed by atoms with Gasteiger partial charge in [0.2, 0.25) is 0 Å². The number of carbonyl (C=O) groups is 2. The number of methoxy groups -OCH3 is 1. The Kier molecular flexibility index (Phi) is 3.37. The number of benzene rings is 1. The molecule has 118 valence electrons. The molecule has 0 aromatic heterocycles. The number of allylic oxidation sites excluding steroid dienone is 2. The largest absolute Gasteiger partial charge is 0.496 e. The van der Waals surface area contributed by atoms with E-state index in [4.69, 9.17) is 4.74 Å². The highest BCUT2D eigenvalue weighted by Crippen LogP contribution is 2.52. The minimum absolute atomic E-state index is 0.166. The number of halogens is 1. The van der Waals surface area contributed by atoms with Crippen molar-refractivity contribution in [3.05, 3.63) is 40.4 Å². The Morgan fingerprint density at radius 3 is 2.43 bits per heavy atom. The summed E-state index contributed by atoms with van der Waals surface area (Å²) >= 11 is 3.41. The van der Waals surface area contributed by atoms with E-state index in [9.17, 15) is 9.59 Å². The van der Waals surface area contributed by atoms with Gasteiger partial charge in [-0.25, -0.2) is 0 Å². The summed E-state index contributed by atoms with van der Waals surface area (Å²) in [7, 11) is 1.59. The molecular weight excluding hydrogens is 360 g/mol. The Hall–Kier alpha value is -1.95. The average Bonchev–Trinajstić information content (AvgIpc) is 3.21. The van der Waals surface area contributed by atoms with E-state index >= 15 is 0 Å². The Bertz CT molecular complexity index is 728. The Morgan fingerprint density at radius 1 is 1.22 bits per heavy atom. The second-order valence-corrected chi connectivity index (χ2v) is 6.98. The molecule has 1 aromatic carbocycles. The first kappa shape index (κ1) is 14.6. The summed E-state index contributed by atoms with van der Waals surface area (Å²) in [5.74, 6) is 0.372. The summed E-state index contributed by atoms with van der Waals surface area (Å²) in [6.07, 6.45) is 6.61. The van der Waals surface area contributed by atoms with Crippen molar-refractivity contribution < 1.29 is 14.3 Å². The lowest BCUT2D eigenvalue weighted by atomic mass is 9.85. The molecule has 4 rings (SSSR count). The van der Waals surface area contributed by atoms with Crippen LogP contribution in [0.3, 0.4) is 0 Å². The maximum Gasteiger partial charge on any atom is 0.254 e. The van der Waals surface area contributed by atoms with Crippen LogP contribution in [0.1, 0.15) is 12.0 Å². The summed E-state index contributed by atoms with van der Waals surface area (Å²) in [5, 5.41) is 5.21. The lowest BCUT2D eigenvalue weighted by Crippen LogP contribution is -2.28. The van der Waals surface area contributed by atoms with E-state index in [1.54, 1.807) is 13.2 Å². The van der Waals surface area contributed by atoms with Crippen LogP contribution < -0.4 is 4.74 Å². The lowest BCUT2D eigenvalue weighted by Gasteiger charge is -2.13. The number of amides is 2. The predicted molar refractivity (Wildman–Crippen MR) is 87.9 cm³/mol. The van der Waals surface area contributed by atoms with Crippen LogP contribution in [-0.4, -0.2) is 30.1 Å². The van der Waals surface area contributed by atoms with Crippen molar-refractivity contribution in [1.82, 2.24) is 5.01 Å². The average molecular weight is 375 g/mol. The predicted octanol–water partition coefficient (Wildman–Crippen LogP) is 2.60. The zero-order valence-electron chi connectivity index (χ0n) is 12.5. The molecule has 0 unspecified atom stereocenters. The maximum atomic E-state index is 12.5. The molecule has 5 nitrogen and oxygen atoms in total. The first-order valence-corrected chi connectivity index (χ1v) is 8.33. The van der Waals surface area contributed by atoms with E-state index in [0.29, 0.717) is 5.75 Å². The van der Waals surface area contributed by atoms with Gasteiger partial charge in [-0.15, -0.1) is 0 Å². The summed E-state index contributed by atoms with van der Waals surface area (Å²) in [6, 6.07) is 5.46. The van der Waals surface area contributed by atoms with E-state index in [0.717, 1.165) is 21.5 Å². The minimum Gasteiger partial charge on any atom is -0.496 e. The van der Waals surface area contributed by atoms with Gasteiger partial charge in [-0.3, -0.25) is 9.59 Å². The van der Waals surface area contributed by atoms with Gasteiger partial charge in [-0.1, -0.05) is 12.2 Å². The number of imide groups is 1. The molecule has 2 fully saturated rings. The molecule has 4 atom stereocenters. The zero-order chi connectivity index (χ0) is 16.1. The van der Waals surface area contributed by atoms with Crippen molar-refractivity contribution in [3.63, 3.8) is 0 Å². The second-order valence-electron chi connectivity index (χ2n) is 6.13. The quantitative estimate of drug-likeness (QED) is 0.464. The second kappa shape index (κ2) is 5.30. The number of ether oxygens (including phenoxy) is 1. The fraction of sp³-hybridized carbons (Fsp3) is 0.353. The van der Waals surface area contributed by atoms with Crippen molar-refractivity contribution in [3.8, 4) is 5.75 Å². The monoisotopic (exact) mass is 374 g/mol. The van der Waals surface area contributed by atoms with Crippen molar-refractivity contribution >= 4 is 34.0 Å². The maximum absolute atomic E-state index is 12.5. The van der Waals surface area contributed by atoms with E-state index in [1.807, 2.05) is 12.1 Å². The molecule has 2 bridgehead atoms. The van der Waals surface area contributed by atoms with Gasteiger partial charge in [0.1, 0.15) is 5.75 Å². The van der Waals surface area contributed by atoms with Crippen molar-refractivity contribution in [2.75, 3.05) is 7.11 Å². The van der Waals surface area contributed by atoms with Crippen LogP contribution in [0.2, 0.25) is 0 Å². The molecular formula is C17H15BrN2O3. The van der Waals surface area contributed by atoms with Gasteiger partial charge in [-0.05, 0) is 57.9 Å². The van der Waals surface area contributed by atoms with Crippen LogP contribution in [0, 0.1) is 23.7 Å². The normalized spacial score (nSPS) is 31.5. The fourth-order valence-electron chi connectivity index (χ4n) is 3.89. The van der Waals surface area contributed by atoms with Gasteiger partial charge in [-0.2, -0.15) is 10.1 Å². The first-order valence-electron chi connectivity index (χ1n) is 7.54. The van der Waals surface area contributed by atoms with Crippen LogP contribution in [0.25, 0.3) is 0 Å². The summed E-state index contributed by atoms with van der Waals surface area (Å²) in [6.45, 7) is 0. The molecule has 0 spiro atoms. The van der Waals surface area contributed by atoms with Crippen LogP contribution in [-0.2, 0) is 9.59 Å². The van der Waals surface area contributed by atoms with Crippen molar-refractivity contribution in [1.29, 1.82) is 0 Å². The van der Waals surface area contributed by atoms with Gasteiger partial charge >= 0.3 is 0 Å². The van der Waals surface area contributed by atoms with Crippen molar-refractivity contribution in [2.24, 2.45) is 28.8 Å². The Balaban J connectivity index is 1.57. The molecule has 1 saturated carbocycles. The van der Waals surface area contributed by atoms with Gasteiger partial charge in [0.15, 0.2) is 0 Å². The van der Waals surface area contributed by atoms with Crippen LogP contribution >= 0.6 is 15.9 Å². The number of carbonyl (C=O) groups excluding carboxylic acids is 2. The highest BCUT2D eigenvalue weighted by molar-refractivity contribution is 9.10. The number of fused-ring (bicyclic) bond motifs is 5. The van der Waals surface area contributed by atoms with E-state index in [-0.39, 0.29) is 35.5 Å². The third-order valence-corrected chi connectivity index (χ3v) is 5.56. The molecule has 3 aliphatic rings. The van der Waals surface area contributed by atoms with Gasteiger partial charge in [0, 0.05) is 0 Å². The Morgan fingerprint density at radius 2 is 1.87 bits per heavy atom. The molecule has 2 aliphatic carbocycles. The third-order valence-electron chi connectivity index (χ3n) is 4.95. The molecule has 1 aliphatic heterocycles. The fourth-order valence-corrected chi connectivity index (χ4v) is 4.45. The summed E-state index contributed by atoms with van der Waals surface area (Å²) in [4.78, 5) is 25.0. The van der Waals surface area contributed by atoms with Gasteiger partial charge < -0.3 is 4.74 Å².